The van der Waals surface area contributed by atoms with E-state index in [4.69, 9.17) is 18.9 Å². The zero-order valence-corrected chi connectivity index (χ0v) is 36.6. The summed E-state index contributed by atoms with van der Waals surface area (Å²) >= 11 is 0. The van der Waals surface area contributed by atoms with Crippen LogP contribution in [-0.4, -0.2) is 103 Å². The summed E-state index contributed by atoms with van der Waals surface area (Å²) < 4.78 is 93.8. The van der Waals surface area contributed by atoms with Gasteiger partial charge in [0.25, 0.3) is 11.8 Å². The SMILES string of the molecule is CC[C@@H]1C[C@H](C)CC/C=C\C2C[C@@]2(C(=O)NS(=O)(=O)C2(C)CC2)NC(=O)[C@@H]2C[C@@H](Oc3cc(OC)nc4cc(OC)c(F)cc34)CN2C(=O)[C@H]1NC(=O)OC(C)(C)C(C)(F)F. The van der Waals surface area contributed by atoms with Crippen LogP contribution in [0, 0.1) is 23.6 Å². The predicted molar refractivity (Wildman–Crippen MR) is 217 cm³/mol. The van der Waals surface area contributed by atoms with Gasteiger partial charge in [-0.3, -0.25) is 19.1 Å². The smallest absolute Gasteiger partial charge is 0.408 e. The largest absolute Gasteiger partial charge is 0.494 e. The molecular weight excluding hydrogens is 824 g/mol. The van der Waals surface area contributed by atoms with Crippen LogP contribution in [0.2, 0.25) is 0 Å². The second kappa shape index (κ2) is 16.8. The molecule has 15 nitrogen and oxygen atoms in total. The number of pyridine rings is 1. The van der Waals surface area contributed by atoms with Crippen molar-refractivity contribution in [3.63, 3.8) is 0 Å². The molecule has 3 fully saturated rings. The van der Waals surface area contributed by atoms with Crippen molar-refractivity contribution in [2.24, 2.45) is 17.8 Å². The fourth-order valence-electron chi connectivity index (χ4n) is 8.00. The molecular formula is C42H56F3N5O10S. The highest BCUT2D eigenvalue weighted by Gasteiger charge is 2.63. The molecule has 1 aromatic heterocycles. The monoisotopic (exact) mass is 879 g/mol. The van der Waals surface area contributed by atoms with Gasteiger partial charge in [-0.05, 0) is 77.2 Å². The summed E-state index contributed by atoms with van der Waals surface area (Å²) in [7, 11) is -1.42. The van der Waals surface area contributed by atoms with E-state index >= 15 is 9.18 Å². The van der Waals surface area contributed by atoms with Crippen LogP contribution in [0.4, 0.5) is 18.0 Å². The van der Waals surface area contributed by atoms with Crippen LogP contribution in [0.3, 0.4) is 0 Å². The Morgan fingerprint density at radius 2 is 1.77 bits per heavy atom. The summed E-state index contributed by atoms with van der Waals surface area (Å²) in [5, 5.41) is 5.60. The van der Waals surface area contributed by atoms with Crippen LogP contribution >= 0.6 is 0 Å². The van der Waals surface area contributed by atoms with Gasteiger partial charge in [0.2, 0.25) is 27.7 Å². The van der Waals surface area contributed by atoms with Crippen molar-refractivity contribution in [1.29, 1.82) is 0 Å². The van der Waals surface area contributed by atoms with Gasteiger partial charge in [-0.1, -0.05) is 32.4 Å². The predicted octanol–water partition coefficient (Wildman–Crippen LogP) is 5.54. The average molecular weight is 880 g/mol. The van der Waals surface area contributed by atoms with E-state index in [2.05, 4.69) is 20.3 Å². The minimum absolute atomic E-state index is 0.0138. The number of sulfonamides is 1. The Labute approximate surface area is 353 Å². The van der Waals surface area contributed by atoms with Gasteiger partial charge in [0.15, 0.2) is 17.2 Å². The molecule has 0 spiro atoms. The summed E-state index contributed by atoms with van der Waals surface area (Å²) in [5.74, 6) is -7.59. The van der Waals surface area contributed by atoms with Crippen molar-refractivity contribution in [2.75, 3.05) is 20.8 Å². The number of aromatic nitrogens is 1. The number of ether oxygens (including phenoxy) is 4. The highest BCUT2D eigenvalue weighted by atomic mass is 32.2. The number of alkyl carbamates (subject to hydrolysis) is 1. The van der Waals surface area contributed by atoms with Crippen molar-refractivity contribution < 1.29 is 59.7 Å². The number of hydrogen-bond acceptors (Lipinski definition) is 11. The highest BCUT2D eigenvalue weighted by Crippen LogP contribution is 2.48. The molecule has 19 heteroatoms. The average Bonchev–Trinajstić information content (AvgIpc) is 4.06. The molecule has 4 aliphatic rings. The van der Waals surface area contributed by atoms with Crippen LogP contribution in [-0.2, 0) is 29.1 Å². The lowest BCUT2D eigenvalue weighted by Crippen LogP contribution is -2.60. The van der Waals surface area contributed by atoms with Gasteiger partial charge >= 0.3 is 6.09 Å². The van der Waals surface area contributed by atoms with Crippen LogP contribution in [0.25, 0.3) is 10.9 Å². The molecule has 7 atom stereocenters. The number of carbonyl (C=O) groups excluding carboxylic acids is 4. The molecule has 2 saturated carbocycles. The number of halogens is 3. The molecule has 1 unspecified atom stereocenters. The molecule has 2 aliphatic heterocycles. The van der Waals surface area contributed by atoms with Crippen molar-refractivity contribution in [3.05, 3.63) is 36.2 Å². The molecule has 6 rings (SSSR count). The number of allylic oxidation sites excluding steroid dienone is 1. The van der Waals surface area contributed by atoms with Crippen molar-refractivity contribution in [1.82, 2.24) is 25.2 Å². The van der Waals surface area contributed by atoms with Crippen LogP contribution in [0.5, 0.6) is 17.4 Å². The highest BCUT2D eigenvalue weighted by molar-refractivity contribution is 7.91. The normalized spacial score (nSPS) is 28.5. The van der Waals surface area contributed by atoms with E-state index in [1.54, 1.807) is 6.08 Å². The first kappa shape index (κ1) is 45.7. The number of nitrogens with zero attached hydrogens (tertiary/aromatic N) is 2. The lowest BCUT2D eigenvalue weighted by Gasteiger charge is -2.35. The molecule has 336 valence electrons. The number of amides is 4. The fraction of sp³-hybridized carbons (Fsp3) is 0.643. The molecule has 61 heavy (non-hydrogen) atoms. The molecule has 2 aromatic rings. The number of fused-ring (bicyclic) bond motifs is 3. The Kier molecular flexibility index (Phi) is 12.6. The van der Waals surface area contributed by atoms with Gasteiger partial charge in [-0.25, -0.2) is 31.4 Å². The Morgan fingerprint density at radius 3 is 2.39 bits per heavy atom. The number of nitrogens with one attached hydrogen (secondary N) is 3. The number of methoxy groups -OCH3 is 2. The van der Waals surface area contributed by atoms with Gasteiger partial charge in [0.1, 0.15) is 29.5 Å². The third-order valence-corrected chi connectivity index (χ3v) is 15.0. The minimum atomic E-state index is -4.10. The zero-order chi connectivity index (χ0) is 44.9. The topological polar surface area (TPSA) is 192 Å². The third kappa shape index (κ3) is 9.36. The minimum Gasteiger partial charge on any atom is -0.494 e. The molecule has 0 bridgehead atoms. The molecule has 3 N–H and O–H groups in total. The maximum absolute atomic E-state index is 15.1. The van der Waals surface area contributed by atoms with Crippen LogP contribution < -0.4 is 29.6 Å². The number of alkyl halides is 2. The lowest BCUT2D eigenvalue weighted by molar-refractivity contribution is -0.152. The second-order valence-corrected chi connectivity index (χ2v) is 19.9. The Bertz CT molecular complexity index is 2200. The number of benzene rings is 1. The van der Waals surface area contributed by atoms with Gasteiger partial charge in [-0.15, -0.1) is 0 Å². The lowest BCUT2D eigenvalue weighted by atomic mass is 9.85. The number of rotatable bonds is 11. The number of hydrogen-bond donors (Lipinski definition) is 3. The van der Waals surface area contributed by atoms with Gasteiger partial charge in [0.05, 0.1) is 31.0 Å². The summed E-state index contributed by atoms with van der Waals surface area (Å²) in [6.45, 7) is 7.79. The summed E-state index contributed by atoms with van der Waals surface area (Å²) in [5.41, 5.74) is -3.66. The van der Waals surface area contributed by atoms with E-state index in [1.807, 2.05) is 19.9 Å². The van der Waals surface area contributed by atoms with E-state index in [1.165, 1.54) is 44.2 Å². The van der Waals surface area contributed by atoms with Crippen LogP contribution in [0.15, 0.2) is 30.4 Å². The van der Waals surface area contributed by atoms with E-state index in [9.17, 15) is 31.6 Å². The maximum Gasteiger partial charge on any atom is 0.408 e. The molecule has 1 saturated heterocycles. The molecule has 4 amide bonds. The third-order valence-electron chi connectivity index (χ3n) is 12.8. The van der Waals surface area contributed by atoms with E-state index < -0.39 is 91.5 Å². The van der Waals surface area contributed by atoms with Crippen molar-refractivity contribution in [2.45, 2.75) is 133 Å². The molecule has 2 aliphatic carbocycles. The Hall–Kier alpha value is -4.81. The Balaban J connectivity index is 1.40. The summed E-state index contributed by atoms with van der Waals surface area (Å²) in [6, 6.07) is 1.24. The van der Waals surface area contributed by atoms with Gasteiger partial charge in [-0.2, -0.15) is 0 Å². The molecule has 1 aromatic carbocycles. The van der Waals surface area contributed by atoms with E-state index in [0.29, 0.717) is 45.4 Å². The first-order valence-electron chi connectivity index (χ1n) is 20.6. The van der Waals surface area contributed by atoms with Gasteiger partial charge in [0, 0.05) is 36.8 Å². The standard InChI is InChI=1S/C42H56F3N5O10S/c1-9-24-16-23(2)12-10-11-13-25-21-42(25,37(53)49-61(55,56)40(5)14-15-40)48-35(51)30-17-26(22-50(30)36(52)34(24)47-38(54)60-39(3,4)41(6,44)45)59-31-20-33(58-8)46-29-19-32(57-7)28(43)18-27(29)31/h11,13,18-20,23-26,30,34H,9-10,12,14-17,21-22H2,1-8H3,(H,47,54)(H,48,51)(H,49,53)/b13-11-/t23-,24-,25?,26-,30+,34+,42-/m1/s1. The Morgan fingerprint density at radius 1 is 1.07 bits per heavy atom. The number of carbonyl (C=O) groups is 4. The quantitative estimate of drug-likeness (QED) is 0.240. The van der Waals surface area contributed by atoms with E-state index in [-0.39, 0.29) is 53.6 Å². The second-order valence-electron chi connectivity index (χ2n) is 17.7. The maximum atomic E-state index is 15.1. The van der Waals surface area contributed by atoms with Crippen molar-refractivity contribution in [3.8, 4) is 17.4 Å². The summed E-state index contributed by atoms with van der Waals surface area (Å²) in [6.07, 6.45) is 4.09. The van der Waals surface area contributed by atoms with Crippen molar-refractivity contribution >= 4 is 44.7 Å². The first-order chi connectivity index (χ1) is 28.5. The zero-order valence-electron chi connectivity index (χ0n) is 35.7. The first-order valence-corrected chi connectivity index (χ1v) is 22.1. The molecule has 3 heterocycles. The molecule has 0 radical (unpaired) electrons. The fourth-order valence-corrected chi connectivity index (χ4v) is 9.32. The van der Waals surface area contributed by atoms with Crippen LogP contribution in [0.1, 0.15) is 92.9 Å². The van der Waals surface area contributed by atoms with Gasteiger partial charge < -0.3 is 34.5 Å². The van der Waals surface area contributed by atoms with E-state index in [0.717, 1.165) is 13.8 Å². The summed E-state index contributed by atoms with van der Waals surface area (Å²) in [4.78, 5) is 62.7.